The van der Waals surface area contributed by atoms with Gasteiger partial charge in [0.05, 0.1) is 34.8 Å². The highest BCUT2D eigenvalue weighted by Gasteiger charge is 2.33. The second-order valence-electron chi connectivity index (χ2n) is 10.5. The van der Waals surface area contributed by atoms with Gasteiger partial charge < -0.3 is 19.7 Å². The Kier molecular flexibility index (Phi) is 10.8. The van der Waals surface area contributed by atoms with Crippen LogP contribution in [0.2, 0.25) is 10.0 Å². The standard InChI is InChI=1S/C30H35Cl2N3O6S/c1-20(29(37)33-30(2,3)4)34(18-21-12-14-24(31)25(32)16-21)28(36)19-35(22-10-8-7-9-11-22)42(38,39)23-13-15-26(40-5)27(17-23)41-6/h7-17,20H,18-19H2,1-6H3,(H,33,37)/t20-/m1/s1. The molecule has 0 aliphatic rings. The van der Waals surface area contributed by atoms with Gasteiger partial charge in [0.15, 0.2) is 11.5 Å². The largest absolute Gasteiger partial charge is 0.493 e. The number of methoxy groups -OCH3 is 2. The molecule has 226 valence electrons. The molecular weight excluding hydrogens is 601 g/mol. The summed E-state index contributed by atoms with van der Waals surface area (Å²) in [7, 11) is -1.44. The predicted octanol–water partition coefficient (Wildman–Crippen LogP) is 5.54. The summed E-state index contributed by atoms with van der Waals surface area (Å²) in [5.74, 6) is -0.438. The predicted molar refractivity (Wildman–Crippen MR) is 165 cm³/mol. The molecule has 0 bridgehead atoms. The molecule has 0 radical (unpaired) electrons. The number of halogens is 2. The number of para-hydroxylation sites is 1. The van der Waals surface area contributed by atoms with Crippen molar-refractivity contribution >= 4 is 50.7 Å². The van der Waals surface area contributed by atoms with Gasteiger partial charge in [-0.2, -0.15) is 0 Å². The van der Waals surface area contributed by atoms with E-state index in [9.17, 15) is 18.0 Å². The number of ether oxygens (including phenoxy) is 2. The Labute approximate surface area is 257 Å². The number of sulfonamides is 1. The fraction of sp³-hybridized carbons (Fsp3) is 0.333. The molecule has 0 saturated heterocycles. The summed E-state index contributed by atoms with van der Waals surface area (Å²) in [6, 6.07) is 16.4. The minimum absolute atomic E-state index is 0.0203. The molecule has 0 fully saturated rings. The van der Waals surface area contributed by atoms with E-state index in [0.717, 1.165) is 4.31 Å². The SMILES string of the molecule is COc1ccc(S(=O)(=O)N(CC(=O)N(Cc2ccc(Cl)c(Cl)c2)[C@H](C)C(=O)NC(C)(C)C)c2ccccc2)cc1OC. The summed E-state index contributed by atoms with van der Waals surface area (Å²) in [6.07, 6.45) is 0. The van der Waals surface area contributed by atoms with E-state index in [1.165, 1.54) is 37.3 Å². The molecular formula is C30H35Cl2N3O6S. The molecule has 0 aliphatic carbocycles. The van der Waals surface area contributed by atoms with E-state index in [4.69, 9.17) is 32.7 Å². The summed E-state index contributed by atoms with van der Waals surface area (Å²) in [4.78, 5) is 28.5. The lowest BCUT2D eigenvalue weighted by Crippen LogP contribution is -2.54. The first kappa shape index (κ1) is 33.0. The molecule has 9 nitrogen and oxygen atoms in total. The third-order valence-electron chi connectivity index (χ3n) is 6.27. The molecule has 42 heavy (non-hydrogen) atoms. The Morgan fingerprint density at radius 1 is 0.905 bits per heavy atom. The van der Waals surface area contributed by atoms with Crippen LogP contribution in [-0.2, 0) is 26.2 Å². The fourth-order valence-corrected chi connectivity index (χ4v) is 5.87. The van der Waals surface area contributed by atoms with Gasteiger partial charge in [0.2, 0.25) is 11.8 Å². The summed E-state index contributed by atoms with van der Waals surface area (Å²) < 4.78 is 39.6. The number of rotatable bonds is 11. The van der Waals surface area contributed by atoms with Crippen LogP contribution >= 0.6 is 23.2 Å². The highest BCUT2D eigenvalue weighted by atomic mass is 35.5. The normalized spacial score (nSPS) is 12.3. The van der Waals surface area contributed by atoms with Gasteiger partial charge in [-0.25, -0.2) is 8.42 Å². The van der Waals surface area contributed by atoms with E-state index in [0.29, 0.717) is 16.3 Å². The second kappa shape index (κ2) is 13.7. The van der Waals surface area contributed by atoms with Crippen molar-refractivity contribution in [2.75, 3.05) is 25.1 Å². The van der Waals surface area contributed by atoms with Crippen molar-refractivity contribution < 1.29 is 27.5 Å². The molecule has 0 saturated carbocycles. The number of carbonyl (C=O) groups is 2. The molecule has 3 rings (SSSR count). The van der Waals surface area contributed by atoms with Crippen LogP contribution in [0.15, 0.2) is 71.6 Å². The highest BCUT2D eigenvalue weighted by molar-refractivity contribution is 7.92. The number of anilines is 1. The molecule has 0 aliphatic heterocycles. The fourth-order valence-electron chi connectivity index (χ4n) is 4.12. The van der Waals surface area contributed by atoms with Crippen LogP contribution in [-0.4, -0.2) is 57.5 Å². The van der Waals surface area contributed by atoms with Gasteiger partial charge in [-0.15, -0.1) is 0 Å². The van der Waals surface area contributed by atoms with Crippen LogP contribution in [0.5, 0.6) is 11.5 Å². The molecule has 3 aromatic rings. The summed E-state index contributed by atoms with van der Waals surface area (Å²) in [5, 5.41) is 3.52. The van der Waals surface area contributed by atoms with Crippen molar-refractivity contribution in [1.82, 2.24) is 10.2 Å². The third-order valence-corrected chi connectivity index (χ3v) is 8.78. The number of benzene rings is 3. The highest BCUT2D eigenvalue weighted by Crippen LogP contribution is 2.32. The van der Waals surface area contributed by atoms with Crippen molar-refractivity contribution in [2.24, 2.45) is 0 Å². The molecule has 0 spiro atoms. The molecule has 0 heterocycles. The monoisotopic (exact) mass is 635 g/mol. The lowest BCUT2D eigenvalue weighted by atomic mass is 10.1. The third kappa shape index (κ3) is 8.08. The first-order valence-electron chi connectivity index (χ1n) is 13.0. The minimum Gasteiger partial charge on any atom is -0.493 e. The maximum Gasteiger partial charge on any atom is 0.264 e. The van der Waals surface area contributed by atoms with Crippen LogP contribution in [0.25, 0.3) is 0 Å². The molecule has 0 unspecified atom stereocenters. The van der Waals surface area contributed by atoms with E-state index in [2.05, 4.69) is 5.32 Å². The minimum atomic E-state index is -4.29. The van der Waals surface area contributed by atoms with Crippen LogP contribution in [0.1, 0.15) is 33.3 Å². The molecule has 2 amide bonds. The van der Waals surface area contributed by atoms with E-state index in [-0.39, 0.29) is 27.9 Å². The summed E-state index contributed by atoms with van der Waals surface area (Å²) >= 11 is 12.3. The van der Waals surface area contributed by atoms with Crippen molar-refractivity contribution in [3.8, 4) is 11.5 Å². The lowest BCUT2D eigenvalue weighted by molar-refractivity contribution is -0.140. The average Bonchev–Trinajstić information content (AvgIpc) is 2.94. The quantitative estimate of drug-likeness (QED) is 0.297. The topological polar surface area (TPSA) is 105 Å². The second-order valence-corrected chi connectivity index (χ2v) is 13.2. The van der Waals surface area contributed by atoms with Crippen LogP contribution in [0, 0.1) is 0 Å². The number of amides is 2. The van der Waals surface area contributed by atoms with Gasteiger partial charge in [0, 0.05) is 18.2 Å². The van der Waals surface area contributed by atoms with E-state index in [1.807, 2.05) is 20.8 Å². The Bertz CT molecular complexity index is 1530. The number of nitrogens with zero attached hydrogens (tertiary/aromatic N) is 2. The molecule has 1 atom stereocenters. The number of hydrogen-bond acceptors (Lipinski definition) is 6. The zero-order valence-electron chi connectivity index (χ0n) is 24.4. The maximum atomic E-state index is 14.0. The summed E-state index contributed by atoms with van der Waals surface area (Å²) in [5.41, 5.74) is 0.320. The van der Waals surface area contributed by atoms with E-state index < -0.39 is 40.0 Å². The molecule has 3 aromatic carbocycles. The zero-order chi connectivity index (χ0) is 31.2. The first-order valence-corrected chi connectivity index (χ1v) is 15.2. The van der Waals surface area contributed by atoms with E-state index in [1.54, 1.807) is 55.5 Å². The zero-order valence-corrected chi connectivity index (χ0v) is 26.7. The molecule has 1 N–H and O–H groups in total. The smallest absolute Gasteiger partial charge is 0.264 e. The molecule has 0 aromatic heterocycles. The average molecular weight is 637 g/mol. The van der Waals surface area contributed by atoms with Gasteiger partial charge in [0.1, 0.15) is 12.6 Å². The molecule has 12 heteroatoms. The van der Waals surface area contributed by atoms with Crippen molar-refractivity contribution in [3.63, 3.8) is 0 Å². The van der Waals surface area contributed by atoms with Gasteiger partial charge in [-0.3, -0.25) is 13.9 Å². The Hall–Kier alpha value is -3.47. The van der Waals surface area contributed by atoms with Gasteiger partial charge in [0.25, 0.3) is 10.0 Å². The maximum absolute atomic E-state index is 14.0. The van der Waals surface area contributed by atoms with Crippen LogP contribution < -0.4 is 19.1 Å². The van der Waals surface area contributed by atoms with Gasteiger partial charge >= 0.3 is 0 Å². The lowest BCUT2D eigenvalue weighted by Gasteiger charge is -2.33. The number of hydrogen-bond donors (Lipinski definition) is 1. The number of carbonyl (C=O) groups excluding carboxylic acids is 2. The number of nitrogens with one attached hydrogen (secondary N) is 1. The van der Waals surface area contributed by atoms with Gasteiger partial charge in [-0.05, 0) is 69.7 Å². The van der Waals surface area contributed by atoms with Crippen LogP contribution in [0.4, 0.5) is 5.69 Å². The Morgan fingerprint density at radius 3 is 2.12 bits per heavy atom. The van der Waals surface area contributed by atoms with Crippen LogP contribution in [0.3, 0.4) is 0 Å². The van der Waals surface area contributed by atoms with Crippen molar-refractivity contribution in [2.45, 2.75) is 50.7 Å². The van der Waals surface area contributed by atoms with Crippen molar-refractivity contribution in [3.05, 3.63) is 82.3 Å². The summed E-state index contributed by atoms with van der Waals surface area (Å²) in [6.45, 7) is 6.47. The van der Waals surface area contributed by atoms with E-state index >= 15 is 0 Å². The Morgan fingerprint density at radius 2 is 1.55 bits per heavy atom. The van der Waals surface area contributed by atoms with Crippen molar-refractivity contribution in [1.29, 1.82) is 0 Å². The Balaban J connectivity index is 2.06. The first-order chi connectivity index (χ1) is 19.7. The van der Waals surface area contributed by atoms with Gasteiger partial charge in [-0.1, -0.05) is 47.5 Å².